The first-order valence-electron chi connectivity index (χ1n) is 9.30. The smallest absolute Gasteiger partial charge is 0.223 e. The summed E-state index contributed by atoms with van der Waals surface area (Å²) in [6, 6.07) is 0.517. The molecule has 3 rings (SSSR count). The minimum absolute atomic E-state index is 0.300. The van der Waals surface area contributed by atoms with Crippen LogP contribution < -0.4 is 0 Å². The van der Waals surface area contributed by atoms with Crippen molar-refractivity contribution in [3.63, 3.8) is 0 Å². The van der Waals surface area contributed by atoms with Crippen LogP contribution in [0.25, 0.3) is 0 Å². The van der Waals surface area contributed by atoms with Gasteiger partial charge >= 0.3 is 0 Å². The molecule has 2 amide bonds. The summed E-state index contributed by atoms with van der Waals surface area (Å²) in [5.74, 6) is 2.06. The van der Waals surface area contributed by atoms with E-state index < -0.39 is 0 Å². The molecule has 0 radical (unpaired) electrons. The maximum atomic E-state index is 12.3. The van der Waals surface area contributed by atoms with Crippen LogP contribution >= 0.6 is 0 Å². The zero-order valence-corrected chi connectivity index (χ0v) is 14.7. The van der Waals surface area contributed by atoms with Crippen LogP contribution in [0.4, 0.5) is 0 Å². The molecular weight excluding hydrogens is 290 g/mol. The van der Waals surface area contributed by atoms with E-state index in [4.69, 9.17) is 0 Å². The number of carbonyl (C=O) groups is 2. The lowest BCUT2D eigenvalue weighted by Gasteiger charge is -2.37. The molecule has 0 aromatic rings. The number of hydrogen-bond acceptors (Lipinski definition) is 3. The Balaban J connectivity index is 1.34. The highest BCUT2D eigenvalue weighted by Crippen LogP contribution is 2.40. The van der Waals surface area contributed by atoms with Crippen molar-refractivity contribution in [3.8, 4) is 0 Å². The zero-order valence-electron chi connectivity index (χ0n) is 14.7. The van der Waals surface area contributed by atoms with Crippen LogP contribution in [0.3, 0.4) is 0 Å². The minimum Gasteiger partial charge on any atom is -0.343 e. The third-order valence-electron chi connectivity index (χ3n) is 6.04. The molecule has 0 aromatic heterocycles. The first kappa shape index (κ1) is 16.7. The van der Waals surface area contributed by atoms with Gasteiger partial charge in [-0.25, -0.2) is 0 Å². The van der Waals surface area contributed by atoms with Crippen molar-refractivity contribution in [1.29, 1.82) is 0 Å². The van der Waals surface area contributed by atoms with Crippen molar-refractivity contribution in [2.45, 2.75) is 51.5 Å². The first-order chi connectivity index (χ1) is 11.0. The summed E-state index contributed by atoms with van der Waals surface area (Å²) in [4.78, 5) is 30.5. The first-order valence-corrected chi connectivity index (χ1v) is 9.30. The van der Waals surface area contributed by atoms with Gasteiger partial charge in [-0.2, -0.15) is 0 Å². The molecule has 0 bridgehead atoms. The zero-order chi connectivity index (χ0) is 16.4. The summed E-state index contributed by atoms with van der Waals surface area (Å²) in [6.07, 6.45) is 5.87. The molecule has 2 heterocycles. The van der Waals surface area contributed by atoms with Crippen molar-refractivity contribution in [2.24, 2.45) is 11.8 Å². The highest BCUT2D eigenvalue weighted by molar-refractivity contribution is 5.77. The molecule has 23 heavy (non-hydrogen) atoms. The summed E-state index contributed by atoms with van der Waals surface area (Å²) >= 11 is 0. The van der Waals surface area contributed by atoms with E-state index in [9.17, 15) is 9.59 Å². The lowest BCUT2D eigenvalue weighted by atomic mass is 10.0. The van der Waals surface area contributed by atoms with Gasteiger partial charge in [-0.3, -0.25) is 9.59 Å². The molecule has 5 nitrogen and oxygen atoms in total. The standard InChI is InChI=1S/C18H31N3O2/c1-14-12-15(14)13-18(23)21-10-4-16(5-11-21)19(2)9-6-17(22)20-7-3-8-20/h14-16H,3-13H2,1-2H3. The van der Waals surface area contributed by atoms with Crippen LogP contribution in [-0.2, 0) is 9.59 Å². The van der Waals surface area contributed by atoms with Gasteiger partial charge in [0.25, 0.3) is 0 Å². The van der Waals surface area contributed by atoms with Gasteiger partial charge in [-0.15, -0.1) is 0 Å². The van der Waals surface area contributed by atoms with Gasteiger partial charge < -0.3 is 14.7 Å². The monoisotopic (exact) mass is 321 g/mol. The Kier molecular flexibility index (Phi) is 5.24. The molecular formula is C18H31N3O2. The van der Waals surface area contributed by atoms with Crippen LogP contribution in [0.15, 0.2) is 0 Å². The summed E-state index contributed by atoms with van der Waals surface area (Å²) in [7, 11) is 2.12. The molecule has 5 heteroatoms. The number of amides is 2. The maximum absolute atomic E-state index is 12.3. The number of hydrogen-bond donors (Lipinski definition) is 0. The average Bonchev–Trinajstić information content (AvgIpc) is 3.18. The van der Waals surface area contributed by atoms with E-state index in [1.807, 2.05) is 4.90 Å². The summed E-state index contributed by atoms with van der Waals surface area (Å²) in [5, 5.41) is 0. The molecule has 1 saturated carbocycles. The van der Waals surface area contributed by atoms with Crippen molar-refractivity contribution in [1.82, 2.24) is 14.7 Å². The number of carbonyl (C=O) groups excluding carboxylic acids is 2. The topological polar surface area (TPSA) is 43.9 Å². The highest BCUT2D eigenvalue weighted by Gasteiger charge is 2.36. The molecule has 0 spiro atoms. The second kappa shape index (κ2) is 7.20. The Labute approximate surface area is 140 Å². The molecule has 0 N–H and O–H groups in total. The van der Waals surface area contributed by atoms with Crippen molar-refractivity contribution >= 4 is 11.8 Å². The maximum Gasteiger partial charge on any atom is 0.223 e. The lowest BCUT2D eigenvalue weighted by molar-refractivity contribution is -0.135. The lowest BCUT2D eigenvalue weighted by Crippen LogP contribution is -2.47. The summed E-state index contributed by atoms with van der Waals surface area (Å²) in [6.45, 7) is 6.74. The fraction of sp³-hybridized carbons (Fsp3) is 0.889. The minimum atomic E-state index is 0.300. The van der Waals surface area contributed by atoms with E-state index in [1.54, 1.807) is 0 Å². The Morgan fingerprint density at radius 2 is 1.65 bits per heavy atom. The van der Waals surface area contributed by atoms with E-state index in [0.29, 0.717) is 30.2 Å². The second-order valence-corrected chi connectivity index (χ2v) is 7.75. The SMILES string of the molecule is CC1CC1CC(=O)N1CCC(N(C)CCC(=O)N2CCC2)CC1. The van der Waals surface area contributed by atoms with E-state index in [1.165, 1.54) is 6.42 Å². The van der Waals surface area contributed by atoms with Gasteiger partial charge in [-0.1, -0.05) is 6.92 Å². The largest absolute Gasteiger partial charge is 0.343 e. The van der Waals surface area contributed by atoms with Crippen molar-refractivity contribution in [3.05, 3.63) is 0 Å². The Bertz CT molecular complexity index is 442. The van der Waals surface area contributed by atoms with E-state index >= 15 is 0 Å². The van der Waals surface area contributed by atoms with Gasteiger partial charge in [0.1, 0.15) is 0 Å². The highest BCUT2D eigenvalue weighted by atomic mass is 16.2. The van der Waals surface area contributed by atoms with Gasteiger partial charge in [-0.05, 0) is 44.6 Å². The van der Waals surface area contributed by atoms with E-state index in [0.717, 1.165) is 64.3 Å². The average molecular weight is 321 g/mol. The molecule has 3 aliphatic rings. The second-order valence-electron chi connectivity index (χ2n) is 7.75. The van der Waals surface area contributed by atoms with Crippen LogP contribution in [-0.4, -0.2) is 72.3 Å². The van der Waals surface area contributed by atoms with Gasteiger partial charge in [0.05, 0.1) is 0 Å². The quantitative estimate of drug-likeness (QED) is 0.746. The van der Waals surface area contributed by atoms with Gasteiger partial charge in [0.2, 0.25) is 11.8 Å². The molecule has 0 aromatic carbocycles. The molecule has 3 fully saturated rings. The van der Waals surface area contributed by atoms with E-state index in [-0.39, 0.29) is 0 Å². The Morgan fingerprint density at radius 3 is 2.17 bits per heavy atom. The third-order valence-corrected chi connectivity index (χ3v) is 6.04. The molecule has 2 unspecified atom stereocenters. The van der Waals surface area contributed by atoms with Gasteiger partial charge in [0, 0.05) is 51.6 Å². The Morgan fingerprint density at radius 1 is 1.04 bits per heavy atom. The molecule has 1 aliphatic carbocycles. The predicted octanol–water partition coefficient (Wildman–Crippen LogP) is 1.58. The Hall–Kier alpha value is -1.10. The fourth-order valence-electron chi connectivity index (χ4n) is 3.77. The predicted molar refractivity (Wildman–Crippen MR) is 89.9 cm³/mol. The molecule has 130 valence electrons. The molecule has 2 aliphatic heterocycles. The van der Waals surface area contributed by atoms with Gasteiger partial charge in [0.15, 0.2) is 0 Å². The summed E-state index contributed by atoms with van der Waals surface area (Å²) in [5.41, 5.74) is 0. The normalized spacial score (nSPS) is 28.0. The number of piperidine rings is 1. The summed E-state index contributed by atoms with van der Waals surface area (Å²) < 4.78 is 0. The van der Waals surface area contributed by atoms with Crippen LogP contribution in [0.1, 0.15) is 45.4 Å². The van der Waals surface area contributed by atoms with Crippen LogP contribution in [0.5, 0.6) is 0 Å². The van der Waals surface area contributed by atoms with Crippen molar-refractivity contribution < 1.29 is 9.59 Å². The van der Waals surface area contributed by atoms with Crippen LogP contribution in [0.2, 0.25) is 0 Å². The van der Waals surface area contributed by atoms with E-state index in [2.05, 4.69) is 23.8 Å². The van der Waals surface area contributed by atoms with Crippen molar-refractivity contribution in [2.75, 3.05) is 39.8 Å². The molecule has 2 atom stereocenters. The molecule has 2 saturated heterocycles. The number of nitrogens with zero attached hydrogens (tertiary/aromatic N) is 3. The fourth-order valence-corrected chi connectivity index (χ4v) is 3.77. The number of rotatable bonds is 6. The third kappa shape index (κ3) is 4.25. The number of likely N-dealkylation sites (tertiary alicyclic amines) is 2. The van der Waals surface area contributed by atoms with Crippen LogP contribution in [0, 0.1) is 11.8 Å².